The van der Waals surface area contributed by atoms with Gasteiger partial charge >= 0.3 is 0 Å². The first-order valence-electron chi connectivity index (χ1n) is 10.1. The lowest BCUT2D eigenvalue weighted by molar-refractivity contribution is -0.147. The van der Waals surface area contributed by atoms with E-state index < -0.39 is 5.41 Å². The van der Waals surface area contributed by atoms with E-state index in [1.54, 1.807) is 24.2 Å². The number of amides is 1. The second-order valence-corrected chi connectivity index (χ2v) is 8.94. The molecule has 162 valence electrons. The topological polar surface area (TPSA) is 58.7 Å². The van der Waals surface area contributed by atoms with Crippen molar-refractivity contribution >= 4 is 35.3 Å². The largest absolute Gasteiger partial charge is 0.403 e. The summed E-state index contributed by atoms with van der Waals surface area (Å²) in [6, 6.07) is 15.1. The van der Waals surface area contributed by atoms with Gasteiger partial charge in [0.2, 0.25) is 5.91 Å². The normalized spacial score (nSPS) is 24.6. The summed E-state index contributed by atoms with van der Waals surface area (Å²) >= 11 is 12.5. The molecule has 3 atom stereocenters. The van der Waals surface area contributed by atoms with Crippen molar-refractivity contribution in [2.75, 3.05) is 7.05 Å². The highest BCUT2D eigenvalue weighted by Crippen LogP contribution is 2.52. The van der Waals surface area contributed by atoms with Crippen LogP contribution in [0.2, 0.25) is 10.0 Å². The standard InChI is InChI=1S/C25H27Cl2N3O/c1-4-12-25(2)14-22(18-6-5-7-20(27)13-18)23(17-8-10-19(26)11-9-17)30(24(25)31)21(15-28)16-29-3/h4-11,13,15-16,22-23H,1,12,14,28H2,2-3H3/t22-,23-,25+/m1/s1. The Balaban J connectivity index is 2.27. The molecule has 0 aromatic heterocycles. The van der Waals surface area contributed by atoms with Crippen molar-refractivity contribution < 1.29 is 4.79 Å². The smallest absolute Gasteiger partial charge is 0.233 e. The van der Waals surface area contributed by atoms with Gasteiger partial charge in [-0.2, -0.15) is 0 Å². The Labute approximate surface area is 194 Å². The number of nitrogens with zero attached hydrogens (tertiary/aromatic N) is 2. The fourth-order valence-corrected chi connectivity index (χ4v) is 4.77. The number of likely N-dealkylation sites (tertiary alicyclic amines) is 1. The summed E-state index contributed by atoms with van der Waals surface area (Å²) in [5.74, 6) is -0.0371. The Morgan fingerprint density at radius 1 is 1.23 bits per heavy atom. The van der Waals surface area contributed by atoms with Gasteiger partial charge in [-0.3, -0.25) is 9.79 Å². The number of rotatable bonds is 6. The molecule has 1 amide bonds. The summed E-state index contributed by atoms with van der Waals surface area (Å²) in [6.07, 6.45) is 6.04. The first-order valence-corrected chi connectivity index (χ1v) is 10.9. The van der Waals surface area contributed by atoms with Crippen LogP contribution < -0.4 is 5.73 Å². The number of piperidine rings is 1. The van der Waals surface area contributed by atoms with E-state index in [1.165, 1.54) is 6.20 Å². The van der Waals surface area contributed by atoms with Crippen molar-refractivity contribution in [1.82, 2.24) is 4.90 Å². The highest BCUT2D eigenvalue weighted by Gasteiger charge is 2.50. The lowest BCUT2D eigenvalue weighted by Gasteiger charge is -2.49. The van der Waals surface area contributed by atoms with Gasteiger partial charge in [0, 0.05) is 35.4 Å². The van der Waals surface area contributed by atoms with Gasteiger partial charge in [0.15, 0.2) is 0 Å². The molecule has 6 heteroatoms. The first-order chi connectivity index (χ1) is 14.8. The summed E-state index contributed by atoms with van der Waals surface area (Å²) in [4.78, 5) is 19.8. The summed E-state index contributed by atoms with van der Waals surface area (Å²) in [6.45, 7) is 5.87. The van der Waals surface area contributed by atoms with Crippen molar-refractivity contribution in [3.05, 3.63) is 94.3 Å². The quantitative estimate of drug-likeness (QED) is 0.420. The predicted octanol–water partition coefficient (Wildman–Crippen LogP) is 6.13. The third kappa shape index (κ3) is 4.70. The molecule has 0 radical (unpaired) electrons. The molecule has 1 heterocycles. The third-order valence-electron chi connectivity index (χ3n) is 5.86. The van der Waals surface area contributed by atoms with Crippen LogP contribution in [0.5, 0.6) is 0 Å². The molecule has 0 spiro atoms. The molecule has 1 fully saturated rings. The number of hydrogen-bond donors (Lipinski definition) is 1. The van der Waals surface area contributed by atoms with E-state index in [0.717, 1.165) is 11.1 Å². The van der Waals surface area contributed by atoms with Crippen LogP contribution in [0.4, 0.5) is 0 Å². The molecule has 4 nitrogen and oxygen atoms in total. The maximum absolute atomic E-state index is 13.9. The Morgan fingerprint density at radius 3 is 2.52 bits per heavy atom. The number of carbonyl (C=O) groups is 1. The molecule has 31 heavy (non-hydrogen) atoms. The summed E-state index contributed by atoms with van der Waals surface area (Å²) in [5, 5.41) is 1.30. The number of carbonyl (C=O) groups excluding carboxylic acids is 1. The maximum Gasteiger partial charge on any atom is 0.233 e. The Kier molecular flexibility index (Phi) is 7.24. The molecule has 1 aliphatic rings. The predicted molar refractivity (Wildman–Crippen MR) is 129 cm³/mol. The Bertz CT molecular complexity index is 1020. The van der Waals surface area contributed by atoms with Crippen LogP contribution in [0, 0.1) is 5.41 Å². The SMILES string of the molecule is C=CC[C@@]1(C)C[C@H](c2cccc(Cl)c2)[C@@H](c2ccc(Cl)cc2)N(C(C=NC)=CN)C1=O. The van der Waals surface area contributed by atoms with Crippen LogP contribution in [0.15, 0.2) is 78.1 Å². The molecule has 3 rings (SSSR count). The lowest BCUT2D eigenvalue weighted by atomic mass is 9.67. The van der Waals surface area contributed by atoms with Crippen molar-refractivity contribution in [2.45, 2.75) is 31.7 Å². The minimum absolute atomic E-state index is 0.0118. The lowest BCUT2D eigenvalue weighted by Crippen LogP contribution is -2.51. The first kappa shape index (κ1) is 23.1. The molecule has 2 aromatic carbocycles. The van der Waals surface area contributed by atoms with Crippen molar-refractivity contribution in [2.24, 2.45) is 16.1 Å². The number of aliphatic imine (C=N–C) groups is 1. The molecule has 2 aromatic rings. The average Bonchev–Trinajstić information content (AvgIpc) is 2.75. The van der Waals surface area contributed by atoms with E-state index in [9.17, 15) is 4.79 Å². The minimum atomic E-state index is -0.645. The molecule has 0 aliphatic carbocycles. The highest BCUT2D eigenvalue weighted by atomic mass is 35.5. The number of halogens is 2. The molecule has 1 saturated heterocycles. The second-order valence-electron chi connectivity index (χ2n) is 8.07. The van der Waals surface area contributed by atoms with Gasteiger partial charge in [-0.1, -0.05) is 60.5 Å². The summed E-state index contributed by atoms with van der Waals surface area (Å²) < 4.78 is 0. The zero-order valence-corrected chi connectivity index (χ0v) is 19.3. The van der Waals surface area contributed by atoms with Crippen LogP contribution in [-0.4, -0.2) is 24.1 Å². The zero-order chi connectivity index (χ0) is 22.6. The van der Waals surface area contributed by atoms with Crippen molar-refractivity contribution in [1.29, 1.82) is 0 Å². The van der Waals surface area contributed by atoms with E-state index in [0.29, 0.717) is 28.6 Å². The van der Waals surface area contributed by atoms with Crippen LogP contribution in [-0.2, 0) is 4.79 Å². The van der Waals surface area contributed by atoms with Gasteiger partial charge < -0.3 is 10.6 Å². The van der Waals surface area contributed by atoms with Gasteiger partial charge in [0.1, 0.15) is 0 Å². The minimum Gasteiger partial charge on any atom is -0.403 e. The Hall–Kier alpha value is -2.56. The van der Waals surface area contributed by atoms with Crippen molar-refractivity contribution in [3.63, 3.8) is 0 Å². The number of nitrogens with two attached hydrogens (primary N) is 1. The third-order valence-corrected chi connectivity index (χ3v) is 6.35. The summed E-state index contributed by atoms with van der Waals surface area (Å²) in [7, 11) is 1.66. The number of benzene rings is 2. The van der Waals surface area contributed by atoms with Crippen LogP contribution in [0.3, 0.4) is 0 Å². The monoisotopic (exact) mass is 455 g/mol. The van der Waals surface area contributed by atoms with E-state index in [2.05, 4.69) is 17.6 Å². The molecular formula is C25H27Cl2N3O. The Morgan fingerprint density at radius 2 is 1.94 bits per heavy atom. The molecule has 0 unspecified atom stereocenters. The van der Waals surface area contributed by atoms with Gasteiger partial charge in [-0.15, -0.1) is 6.58 Å². The van der Waals surface area contributed by atoms with E-state index >= 15 is 0 Å². The van der Waals surface area contributed by atoms with Crippen molar-refractivity contribution in [3.8, 4) is 0 Å². The zero-order valence-electron chi connectivity index (χ0n) is 17.8. The average molecular weight is 456 g/mol. The van der Waals surface area contributed by atoms with Crippen LogP contribution >= 0.6 is 23.2 Å². The molecule has 1 aliphatic heterocycles. The molecule has 0 bridgehead atoms. The van der Waals surface area contributed by atoms with Gasteiger partial charge in [-0.25, -0.2) is 0 Å². The van der Waals surface area contributed by atoms with Gasteiger partial charge in [-0.05, 0) is 48.2 Å². The second kappa shape index (κ2) is 9.71. The van der Waals surface area contributed by atoms with E-state index in [-0.39, 0.29) is 17.9 Å². The highest BCUT2D eigenvalue weighted by molar-refractivity contribution is 6.30. The number of allylic oxidation sites excluding steroid dienone is 2. The number of hydrogen-bond acceptors (Lipinski definition) is 3. The van der Waals surface area contributed by atoms with Gasteiger partial charge in [0.25, 0.3) is 0 Å². The van der Waals surface area contributed by atoms with E-state index in [1.807, 2.05) is 49.4 Å². The summed E-state index contributed by atoms with van der Waals surface area (Å²) in [5.41, 5.74) is 7.91. The molecule has 2 N–H and O–H groups in total. The van der Waals surface area contributed by atoms with Crippen LogP contribution in [0.1, 0.15) is 42.9 Å². The fraction of sp³-hybridized carbons (Fsp3) is 0.280. The van der Waals surface area contributed by atoms with Crippen LogP contribution in [0.25, 0.3) is 0 Å². The molecular weight excluding hydrogens is 429 g/mol. The fourth-order valence-electron chi connectivity index (χ4n) is 4.44. The molecule has 0 saturated carbocycles. The maximum atomic E-state index is 13.9. The van der Waals surface area contributed by atoms with E-state index in [4.69, 9.17) is 28.9 Å². The van der Waals surface area contributed by atoms with Gasteiger partial charge in [0.05, 0.1) is 17.2 Å².